The lowest BCUT2D eigenvalue weighted by molar-refractivity contribution is -0.129. The quantitative estimate of drug-likeness (QED) is 0.457. The van der Waals surface area contributed by atoms with E-state index < -0.39 is 11.6 Å². The van der Waals surface area contributed by atoms with Crippen molar-refractivity contribution in [1.29, 1.82) is 0 Å². The summed E-state index contributed by atoms with van der Waals surface area (Å²) in [7, 11) is 1.98. The number of carbonyl (C=O) groups excluding carboxylic acids is 2. The first-order chi connectivity index (χ1) is 15.9. The second-order valence-electron chi connectivity index (χ2n) is 8.70. The normalized spacial score (nSPS) is 13.5. The first kappa shape index (κ1) is 20.9. The number of nitrogens with zero attached hydrogens (tertiary/aromatic N) is 1. The van der Waals surface area contributed by atoms with Crippen molar-refractivity contribution in [2.45, 2.75) is 20.8 Å². The number of Topliss-reactive ketones (excluding diaryl/α,β-unsaturated/α-hetero) is 2. The SMILES string of the molecule is Cc1ccccc1C1=c2cc(-c3ccccc3C)n(C)c2=C(c2ccccc2C)C(=O)C1=O. The number of carbonyl (C=O) groups is 2. The van der Waals surface area contributed by atoms with Gasteiger partial charge in [-0.05, 0) is 54.7 Å². The molecule has 0 spiro atoms. The Labute approximate surface area is 193 Å². The number of aryl methyl sites for hydroxylation is 3. The molecule has 3 heteroatoms. The van der Waals surface area contributed by atoms with Crippen LogP contribution in [-0.2, 0) is 16.6 Å². The van der Waals surface area contributed by atoms with Crippen LogP contribution in [0.1, 0.15) is 27.8 Å². The lowest BCUT2D eigenvalue weighted by Gasteiger charge is -2.17. The van der Waals surface area contributed by atoms with Crippen molar-refractivity contribution in [3.05, 3.63) is 117 Å². The van der Waals surface area contributed by atoms with Gasteiger partial charge in [0.25, 0.3) is 0 Å². The van der Waals surface area contributed by atoms with E-state index in [0.717, 1.165) is 49.6 Å². The lowest BCUT2D eigenvalue weighted by atomic mass is 9.84. The summed E-state index contributed by atoms with van der Waals surface area (Å²) in [5, 5.41) is 1.61. The molecule has 33 heavy (non-hydrogen) atoms. The number of hydrogen-bond acceptors (Lipinski definition) is 2. The average Bonchev–Trinajstić information content (AvgIpc) is 3.13. The van der Waals surface area contributed by atoms with Crippen LogP contribution in [0.3, 0.4) is 0 Å². The molecule has 0 saturated carbocycles. The maximum atomic E-state index is 13.7. The van der Waals surface area contributed by atoms with Crippen LogP contribution in [0, 0.1) is 20.8 Å². The van der Waals surface area contributed by atoms with Crippen LogP contribution in [0.25, 0.3) is 22.4 Å². The summed E-state index contributed by atoms with van der Waals surface area (Å²) < 4.78 is 2.07. The van der Waals surface area contributed by atoms with Gasteiger partial charge in [-0.25, -0.2) is 0 Å². The fourth-order valence-electron chi connectivity index (χ4n) is 4.90. The van der Waals surface area contributed by atoms with E-state index in [2.05, 4.69) is 29.7 Å². The van der Waals surface area contributed by atoms with Crippen LogP contribution in [0.5, 0.6) is 0 Å². The van der Waals surface area contributed by atoms with Gasteiger partial charge in [0, 0.05) is 29.1 Å². The minimum Gasteiger partial charge on any atom is -0.343 e. The molecule has 0 fully saturated rings. The molecule has 1 heterocycles. The van der Waals surface area contributed by atoms with Crippen LogP contribution in [-0.4, -0.2) is 16.1 Å². The van der Waals surface area contributed by atoms with Crippen molar-refractivity contribution in [2.24, 2.45) is 7.05 Å². The van der Waals surface area contributed by atoms with E-state index in [1.54, 1.807) is 0 Å². The summed E-state index contributed by atoms with van der Waals surface area (Å²) >= 11 is 0. The zero-order valence-corrected chi connectivity index (χ0v) is 19.3. The van der Waals surface area contributed by atoms with Gasteiger partial charge < -0.3 is 4.57 Å². The molecule has 4 aromatic rings. The smallest absolute Gasteiger partial charge is 0.236 e. The summed E-state index contributed by atoms with van der Waals surface area (Å²) in [6, 6.07) is 25.8. The predicted molar refractivity (Wildman–Crippen MR) is 132 cm³/mol. The molecule has 162 valence electrons. The molecule has 0 bridgehead atoms. The number of ketones is 2. The van der Waals surface area contributed by atoms with Crippen molar-refractivity contribution in [1.82, 2.24) is 4.57 Å². The van der Waals surface area contributed by atoms with Crippen molar-refractivity contribution in [3.8, 4) is 11.3 Å². The van der Waals surface area contributed by atoms with Crippen molar-refractivity contribution in [3.63, 3.8) is 0 Å². The topological polar surface area (TPSA) is 39.1 Å². The summed E-state index contributed by atoms with van der Waals surface area (Å²) in [6.07, 6.45) is 0. The summed E-state index contributed by atoms with van der Waals surface area (Å²) in [4.78, 5) is 27.3. The number of benzene rings is 3. The molecule has 1 aliphatic rings. The Balaban J connectivity index is 2.03. The van der Waals surface area contributed by atoms with Crippen LogP contribution in [0.4, 0.5) is 0 Å². The monoisotopic (exact) mass is 431 g/mol. The van der Waals surface area contributed by atoms with Gasteiger partial charge in [-0.3, -0.25) is 9.59 Å². The highest BCUT2D eigenvalue weighted by molar-refractivity contribution is 6.65. The fraction of sp³-hybridized carbons (Fsp3) is 0.133. The average molecular weight is 432 g/mol. The molecule has 0 saturated heterocycles. The van der Waals surface area contributed by atoms with Gasteiger partial charge in [-0.2, -0.15) is 0 Å². The first-order valence-electron chi connectivity index (χ1n) is 11.1. The Morgan fingerprint density at radius 2 is 1.00 bits per heavy atom. The van der Waals surface area contributed by atoms with Gasteiger partial charge in [-0.15, -0.1) is 0 Å². The molecule has 0 radical (unpaired) electrons. The highest BCUT2D eigenvalue weighted by Gasteiger charge is 2.33. The van der Waals surface area contributed by atoms with Gasteiger partial charge in [0.1, 0.15) is 0 Å². The third-order valence-corrected chi connectivity index (χ3v) is 6.65. The van der Waals surface area contributed by atoms with Crippen LogP contribution in [0.2, 0.25) is 0 Å². The highest BCUT2D eigenvalue weighted by atomic mass is 16.2. The highest BCUT2D eigenvalue weighted by Crippen LogP contribution is 2.27. The van der Waals surface area contributed by atoms with Gasteiger partial charge in [-0.1, -0.05) is 72.8 Å². The molecule has 3 nitrogen and oxygen atoms in total. The van der Waals surface area contributed by atoms with Crippen LogP contribution < -0.4 is 10.6 Å². The van der Waals surface area contributed by atoms with E-state index in [4.69, 9.17) is 0 Å². The maximum absolute atomic E-state index is 13.7. The molecule has 0 atom stereocenters. The Morgan fingerprint density at radius 3 is 1.52 bits per heavy atom. The van der Waals surface area contributed by atoms with Gasteiger partial charge in [0.15, 0.2) is 0 Å². The molecule has 5 rings (SSSR count). The minimum absolute atomic E-state index is 0.447. The Kier molecular flexibility index (Phi) is 4.98. The van der Waals surface area contributed by atoms with Crippen molar-refractivity contribution < 1.29 is 9.59 Å². The third kappa shape index (κ3) is 3.20. The summed E-state index contributed by atoms with van der Waals surface area (Å²) in [6.45, 7) is 6.03. The Bertz CT molecular complexity index is 1580. The van der Waals surface area contributed by atoms with E-state index in [9.17, 15) is 9.59 Å². The summed E-state index contributed by atoms with van der Waals surface area (Å²) in [5.74, 6) is -0.899. The van der Waals surface area contributed by atoms with Crippen molar-refractivity contribution in [2.75, 3.05) is 0 Å². The predicted octanol–water partition coefficient (Wildman–Crippen LogP) is 4.17. The van der Waals surface area contributed by atoms with E-state index in [1.165, 1.54) is 0 Å². The second kappa shape index (κ2) is 7.86. The minimum atomic E-state index is -0.451. The molecule has 0 unspecified atom stereocenters. The number of fused-ring (bicyclic) bond motifs is 1. The number of aromatic nitrogens is 1. The van der Waals surface area contributed by atoms with Gasteiger partial charge >= 0.3 is 0 Å². The van der Waals surface area contributed by atoms with Gasteiger partial charge in [0.05, 0.1) is 10.9 Å². The van der Waals surface area contributed by atoms with E-state index >= 15 is 0 Å². The van der Waals surface area contributed by atoms with E-state index in [0.29, 0.717) is 11.1 Å². The van der Waals surface area contributed by atoms with E-state index in [1.807, 2.05) is 81.6 Å². The molecule has 0 amide bonds. The van der Waals surface area contributed by atoms with E-state index in [-0.39, 0.29) is 0 Å². The lowest BCUT2D eigenvalue weighted by Crippen LogP contribution is -2.43. The molecule has 0 aliphatic heterocycles. The second-order valence-corrected chi connectivity index (χ2v) is 8.70. The van der Waals surface area contributed by atoms with Crippen molar-refractivity contribution >= 4 is 22.7 Å². The van der Waals surface area contributed by atoms with Crippen LogP contribution >= 0.6 is 0 Å². The molecule has 1 aliphatic carbocycles. The standard InChI is InChI=1S/C30H25NO2/c1-18-11-5-8-14-21(18)25-17-24-26(22-15-9-6-12-19(22)2)29(32)30(33)27(28(24)31(25)4)23-16-10-7-13-20(23)3/h5-17H,1-4H3. The molecule has 1 aromatic heterocycles. The molecule has 0 N–H and O–H groups in total. The Hall–Kier alpha value is -3.98. The molecular formula is C30H25NO2. The Morgan fingerprint density at radius 1 is 0.576 bits per heavy atom. The maximum Gasteiger partial charge on any atom is 0.236 e. The van der Waals surface area contributed by atoms with Gasteiger partial charge in [0.2, 0.25) is 11.6 Å². The molecular weight excluding hydrogens is 406 g/mol. The largest absolute Gasteiger partial charge is 0.343 e. The summed E-state index contributed by atoms with van der Waals surface area (Å²) in [5.41, 5.74) is 7.73. The zero-order chi connectivity index (χ0) is 23.3. The third-order valence-electron chi connectivity index (χ3n) is 6.65. The molecule has 3 aromatic carbocycles. The van der Waals surface area contributed by atoms with Crippen LogP contribution in [0.15, 0.2) is 78.9 Å². The zero-order valence-electron chi connectivity index (χ0n) is 19.3. The number of rotatable bonds is 3. The first-order valence-corrected chi connectivity index (χ1v) is 11.1. The number of hydrogen-bond donors (Lipinski definition) is 0. The fourth-order valence-corrected chi connectivity index (χ4v) is 4.90.